The minimum atomic E-state index is 0.203. The average Bonchev–Trinajstić information content (AvgIpc) is 2.48. The lowest BCUT2D eigenvalue weighted by atomic mass is 9.90. The number of hydrogen-bond acceptors (Lipinski definition) is 4. The molecule has 2 rings (SSSR count). The van der Waals surface area contributed by atoms with E-state index in [2.05, 4.69) is 22.2 Å². The van der Waals surface area contributed by atoms with Crippen LogP contribution in [0.4, 0.5) is 0 Å². The maximum absolute atomic E-state index is 10.8. The molecule has 1 aromatic rings. The molecular weight excluding hydrogens is 299 g/mol. The van der Waals surface area contributed by atoms with Gasteiger partial charge in [0.1, 0.15) is 0 Å². The third-order valence-electron chi connectivity index (χ3n) is 3.76. The molecule has 7 heteroatoms. The number of halogens is 2. The normalized spacial score (nSPS) is 22.9. The molecule has 1 amide bonds. The van der Waals surface area contributed by atoms with Gasteiger partial charge >= 0.3 is 0 Å². The van der Waals surface area contributed by atoms with Crippen molar-refractivity contribution in [3.8, 4) is 0 Å². The van der Waals surface area contributed by atoms with E-state index >= 15 is 0 Å². The standard InChI is InChI=1S/C13H18Cl2N4O/c1-2-9-7-19(8-20)4-3-11(9)16-6-12-10(14)5-17-13(15)18-12/h5,8-9,11,16H,2-4,6-7H2,1H3. The van der Waals surface area contributed by atoms with Gasteiger partial charge in [0.25, 0.3) is 0 Å². The van der Waals surface area contributed by atoms with E-state index in [4.69, 9.17) is 23.2 Å². The number of nitrogens with zero attached hydrogens (tertiary/aromatic N) is 3. The lowest BCUT2D eigenvalue weighted by molar-refractivity contribution is -0.120. The topological polar surface area (TPSA) is 58.1 Å². The molecule has 0 spiro atoms. The van der Waals surface area contributed by atoms with Gasteiger partial charge in [-0.25, -0.2) is 9.97 Å². The Hall–Kier alpha value is -0.910. The molecule has 0 aliphatic carbocycles. The fourth-order valence-electron chi connectivity index (χ4n) is 2.57. The van der Waals surface area contributed by atoms with Crippen LogP contribution in [0.5, 0.6) is 0 Å². The Bertz CT molecular complexity index is 472. The van der Waals surface area contributed by atoms with Crippen molar-refractivity contribution in [2.75, 3.05) is 13.1 Å². The Kier molecular flexibility index (Phi) is 5.57. The maximum atomic E-state index is 10.8. The van der Waals surface area contributed by atoms with E-state index in [-0.39, 0.29) is 5.28 Å². The predicted octanol–water partition coefficient (Wildman–Crippen LogP) is 2.13. The van der Waals surface area contributed by atoms with Gasteiger partial charge in [-0.05, 0) is 23.9 Å². The third kappa shape index (κ3) is 3.81. The van der Waals surface area contributed by atoms with Gasteiger partial charge in [0.05, 0.1) is 16.9 Å². The summed E-state index contributed by atoms with van der Waals surface area (Å²) < 4.78 is 0. The molecule has 1 saturated heterocycles. The van der Waals surface area contributed by atoms with Gasteiger partial charge in [0, 0.05) is 25.7 Å². The van der Waals surface area contributed by atoms with E-state index in [1.54, 1.807) is 0 Å². The SMILES string of the molecule is CCC1CN(C=O)CCC1NCc1nc(Cl)ncc1Cl. The Balaban J connectivity index is 1.95. The predicted molar refractivity (Wildman–Crippen MR) is 78.7 cm³/mol. The largest absolute Gasteiger partial charge is 0.345 e. The van der Waals surface area contributed by atoms with Crippen LogP contribution in [-0.4, -0.2) is 40.4 Å². The van der Waals surface area contributed by atoms with Crippen LogP contribution in [0, 0.1) is 5.92 Å². The molecule has 1 fully saturated rings. The molecule has 5 nitrogen and oxygen atoms in total. The molecule has 1 N–H and O–H groups in total. The van der Waals surface area contributed by atoms with Crippen molar-refractivity contribution in [3.05, 3.63) is 22.2 Å². The maximum Gasteiger partial charge on any atom is 0.222 e. The summed E-state index contributed by atoms with van der Waals surface area (Å²) in [5.74, 6) is 0.449. The highest BCUT2D eigenvalue weighted by molar-refractivity contribution is 6.31. The Morgan fingerprint density at radius 1 is 1.55 bits per heavy atom. The van der Waals surface area contributed by atoms with Gasteiger partial charge in [0.15, 0.2) is 0 Å². The Labute approximate surface area is 128 Å². The van der Waals surface area contributed by atoms with Gasteiger partial charge in [-0.3, -0.25) is 4.79 Å². The van der Waals surface area contributed by atoms with Crippen LogP contribution in [-0.2, 0) is 11.3 Å². The van der Waals surface area contributed by atoms with E-state index in [0.717, 1.165) is 32.3 Å². The van der Waals surface area contributed by atoms with Crippen LogP contribution >= 0.6 is 23.2 Å². The number of hydrogen-bond donors (Lipinski definition) is 1. The number of amides is 1. The van der Waals surface area contributed by atoms with Crippen LogP contribution < -0.4 is 5.32 Å². The van der Waals surface area contributed by atoms with Gasteiger partial charge in [0.2, 0.25) is 11.7 Å². The zero-order valence-electron chi connectivity index (χ0n) is 11.4. The first kappa shape index (κ1) is 15.5. The highest BCUT2D eigenvalue weighted by Crippen LogP contribution is 2.21. The summed E-state index contributed by atoms with van der Waals surface area (Å²) in [6.07, 6.45) is 4.41. The van der Waals surface area contributed by atoms with Crippen LogP contribution in [0.15, 0.2) is 6.20 Å². The molecule has 1 aliphatic heterocycles. The summed E-state index contributed by atoms with van der Waals surface area (Å²) in [5.41, 5.74) is 0.708. The first-order valence-electron chi connectivity index (χ1n) is 6.73. The molecule has 0 bridgehead atoms. The number of likely N-dealkylation sites (tertiary alicyclic amines) is 1. The van der Waals surface area contributed by atoms with Crippen molar-refractivity contribution >= 4 is 29.6 Å². The number of piperidine rings is 1. The highest BCUT2D eigenvalue weighted by Gasteiger charge is 2.27. The summed E-state index contributed by atoms with van der Waals surface area (Å²) in [5, 5.41) is 4.19. The number of carbonyl (C=O) groups excluding carboxylic acids is 1. The zero-order chi connectivity index (χ0) is 14.5. The van der Waals surface area contributed by atoms with Crippen molar-refractivity contribution in [1.29, 1.82) is 0 Å². The lowest BCUT2D eigenvalue weighted by Gasteiger charge is -2.37. The summed E-state index contributed by atoms with van der Waals surface area (Å²) >= 11 is 11.8. The fraction of sp³-hybridized carbons (Fsp3) is 0.615. The van der Waals surface area contributed by atoms with Gasteiger partial charge in [-0.2, -0.15) is 0 Å². The summed E-state index contributed by atoms with van der Waals surface area (Å²) in [4.78, 5) is 20.6. The third-order valence-corrected chi connectivity index (χ3v) is 4.26. The molecule has 1 aromatic heterocycles. The van der Waals surface area contributed by atoms with Crippen molar-refractivity contribution in [2.45, 2.75) is 32.4 Å². The minimum Gasteiger partial charge on any atom is -0.345 e. The monoisotopic (exact) mass is 316 g/mol. The number of aromatic nitrogens is 2. The van der Waals surface area contributed by atoms with Crippen molar-refractivity contribution in [1.82, 2.24) is 20.2 Å². The molecule has 1 aliphatic rings. The molecule has 2 atom stereocenters. The Morgan fingerprint density at radius 2 is 2.35 bits per heavy atom. The molecule has 2 unspecified atom stereocenters. The first-order valence-corrected chi connectivity index (χ1v) is 7.49. The second kappa shape index (κ2) is 7.20. The highest BCUT2D eigenvalue weighted by atomic mass is 35.5. The zero-order valence-corrected chi connectivity index (χ0v) is 12.9. The van der Waals surface area contributed by atoms with E-state index in [1.807, 2.05) is 4.90 Å². The van der Waals surface area contributed by atoms with E-state index < -0.39 is 0 Å². The van der Waals surface area contributed by atoms with Gasteiger partial charge in [-0.1, -0.05) is 24.9 Å². The number of nitrogens with one attached hydrogen (secondary N) is 1. The quantitative estimate of drug-likeness (QED) is 0.668. The fourth-order valence-corrected chi connectivity index (χ4v) is 2.88. The van der Waals surface area contributed by atoms with Crippen LogP contribution in [0.2, 0.25) is 10.3 Å². The number of carbonyl (C=O) groups is 1. The molecular formula is C13H18Cl2N4O. The van der Waals surface area contributed by atoms with Crippen molar-refractivity contribution in [2.24, 2.45) is 5.92 Å². The molecule has 0 aromatic carbocycles. The average molecular weight is 317 g/mol. The molecule has 0 saturated carbocycles. The van der Waals surface area contributed by atoms with Crippen LogP contribution in [0.3, 0.4) is 0 Å². The van der Waals surface area contributed by atoms with Gasteiger partial charge in [-0.15, -0.1) is 0 Å². The molecule has 20 heavy (non-hydrogen) atoms. The molecule has 0 radical (unpaired) electrons. The van der Waals surface area contributed by atoms with Crippen molar-refractivity contribution in [3.63, 3.8) is 0 Å². The van der Waals surface area contributed by atoms with E-state index in [9.17, 15) is 4.79 Å². The second-order valence-corrected chi connectivity index (χ2v) is 5.72. The minimum absolute atomic E-state index is 0.203. The number of rotatable bonds is 5. The van der Waals surface area contributed by atoms with Crippen LogP contribution in [0.25, 0.3) is 0 Å². The summed E-state index contributed by atoms with van der Waals surface area (Å²) in [6, 6.07) is 0.362. The van der Waals surface area contributed by atoms with E-state index in [0.29, 0.717) is 29.2 Å². The van der Waals surface area contributed by atoms with Crippen LogP contribution in [0.1, 0.15) is 25.5 Å². The molecule has 110 valence electrons. The molecule has 2 heterocycles. The summed E-state index contributed by atoms with van der Waals surface area (Å²) in [6.45, 7) is 4.29. The lowest BCUT2D eigenvalue weighted by Crippen LogP contribution is -2.48. The smallest absolute Gasteiger partial charge is 0.222 e. The Morgan fingerprint density at radius 3 is 3.05 bits per heavy atom. The van der Waals surface area contributed by atoms with Gasteiger partial charge < -0.3 is 10.2 Å². The van der Waals surface area contributed by atoms with E-state index in [1.165, 1.54) is 6.20 Å². The van der Waals surface area contributed by atoms with Crippen molar-refractivity contribution < 1.29 is 4.79 Å². The summed E-state index contributed by atoms with van der Waals surface area (Å²) in [7, 11) is 0. The first-order chi connectivity index (χ1) is 9.63. The second-order valence-electron chi connectivity index (χ2n) is 4.98.